The molecule has 0 aliphatic carbocycles. The lowest BCUT2D eigenvalue weighted by molar-refractivity contribution is -0.122. The first-order valence-corrected chi connectivity index (χ1v) is 10.1. The Bertz CT molecular complexity index is 818. The van der Waals surface area contributed by atoms with E-state index in [0.717, 1.165) is 43.6 Å². The molecule has 0 radical (unpaired) electrons. The summed E-state index contributed by atoms with van der Waals surface area (Å²) in [6, 6.07) is 11.0. The second-order valence-corrected chi connectivity index (χ2v) is 7.99. The molecule has 4 nitrogen and oxygen atoms in total. The van der Waals surface area contributed by atoms with Crippen LogP contribution in [0.1, 0.15) is 36.8 Å². The minimum Gasteiger partial charge on any atom is -0.457 e. The van der Waals surface area contributed by atoms with Gasteiger partial charge in [0.25, 0.3) is 0 Å². The van der Waals surface area contributed by atoms with E-state index in [4.69, 9.17) is 27.9 Å². The lowest BCUT2D eigenvalue weighted by Gasteiger charge is -2.33. The van der Waals surface area contributed by atoms with Crippen molar-refractivity contribution < 1.29 is 9.53 Å². The highest BCUT2D eigenvalue weighted by molar-refractivity contribution is 14.0. The SMILES string of the molecule is CCN1CCC(NC(=O)C2c3cc(Cl)ccc3Oc3ccc(Cl)cc32)CC1.I. The van der Waals surface area contributed by atoms with Gasteiger partial charge in [0, 0.05) is 40.3 Å². The van der Waals surface area contributed by atoms with Crippen molar-refractivity contribution in [3.8, 4) is 11.5 Å². The summed E-state index contributed by atoms with van der Waals surface area (Å²) in [6.45, 7) is 5.25. The van der Waals surface area contributed by atoms with Crippen molar-refractivity contribution in [2.75, 3.05) is 19.6 Å². The van der Waals surface area contributed by atoms with Crippen molar-refractivity contribution in [2.24, 2.45) is 0 Å². The second-order valence-electron chi connectivity index (χ2n) is 7.12. The average molecular weight is 533 g/mol. The first kappa shape index (κ1) is 21.7. The minimum absolute atomic E-state index is 0. The van der Waals surface area contributed by atoms with Gasteiger partial charge in [-0.05, 0) is 55.8 Å². The summed E-state index contributed by atoms with van der Waals surface area (Å²) < 4.78 is 5.98. The molecule has 150 valence electrons. The number of amides is 1. The van der Waals surface area contributed by atoms with Gasteiger partial charge in [-0.1, -0.05) is 30.1 Å². The zero-order valence-corrected chi connectivity index (χ0v) is 19.4. The van der Waals surface area contributed by atoms with Crippen molar-refractivity contribution in [3.05, 3.63) is 57.6 Å². The molecule has 1 saturated heterocycles. The third-order valence-corrected chi connectivity index (χ3v) is 5.90. The van der Waals surface area contributed by atoms with E-state index in [1.807, 2.05) is 24.3 Å². The third kappa shape index (κ3) is 4.42. The molecular weight excluding hydrogens is 510 g/mol. The fraction of sp³-hybridized carbons (Fsp3) is 0.381. The highest BCUT2D eigenvalue weighted by atomic mass is 127. The van der Waals surface area contributed by atoms with Gasteiger partial charge in [0.1, 0.15) is 11.5 Å². The summed E-state index contributed by atoms with van der Waals surface area (Å²) in [5.41, 5.74) is 1.56. The molecule has 2 aliphatic rings. The van der Waals surface area contributed by atoms with E-state index in [2.05, 4.69) is 17.1 Å². The normalized spacial score (nSPS) is 17.1. The van der Waals surface area contributed by atoms with Gasteiger partial charge in [0.2, 0.25) is 5.91 Å². The molecule has 0 spiro atoms. The van der Waals surface area contributed by atoms with Gasteiger partial charge in [-0.15, -0.1) is 24.0 Å². The molecule has 1 fully saturated rings. The molecule has 1 amide bonds. The van der Waals surface area contributed by atoms with E-state index in [1.165, 1.54) is 0 Å². The van der Waals surface area contributed by atoms with E-state index in [1.54, 1.807) is 12.1 Å². The van der Waals surface area contributed by atoms with E-state index in [0.29, 0.717) is 21.5 Å². The number of likely N-dealkylation sites (tertiary alicyclic amines) is 1. The molecule has 4 rings (SSSR count). The van der Waals surface area contributed by atoms with Crippen molar-refractivity contribution in [3.63, 3.8) is 0 Å². The number of nitrogens with zero attached hydrogens (tertiary/aromatic N) is 1. The van der Waals surface area contributed by atoms with Gasteiger partial charge in [0.05, 0.1) is 5.92 Å². The van der Waals surface area contributed by atoms with Crippen LogP contribution in [0, 0.1) is 0 Å². The molecule has 2 aliphatic heterocycles. The fourth-order valence-corrected chi connectivity index (χ4v) is 4.28. The number of piperidine rings is 1. The average Bonchev–Trinajstić information content (AvgIpc) is 2.67. The zero-order valence-electron chi connectivity index (χ0n) is 15.6. The first-order chi connectivity index (χ1) is 13.0. The summed E-state index contributed by atoms with van der Waals surface area (Å²) in [6.07, 6.45) is 1.93. The van der Waals surface area contributed by atoms with E-state index in [9.17, 15) is 4.79 Å². The van der Waals surface area contributed by atoms with Crippen molar-refractivity contribution in [1.29, 1.82) is 0 Å². The quantitative estimate of drug-likeness (QED) is 0.534. The third-order valence-electron chi connectivity index (χ3n) is 5.43. The molecular formula is C21H23Cl2IN2O2. The molecule has 1 N–H and O–H groups in total. The Morgan fingerprint density at radius 3 is 2.11 bits per heavy atom. The number of fused-ring (bicyclic) bond motifs is 2. The van der Waals surface area contributed by atoms with Crippen LogP contribution in [-0.2, 0) is 4.79 Å². The van der Waals surface area contributed by atoms with Gasteiger partial charge < -0.3 is 15.0 Å². The molecule has 2 aromatic carbocycles. The van der Waals surface area contributed by atoms with E-state index < -0.39 is 5.92 Å². The molecule has 0 unspecified atom stereocenters. The Morgan fingerprint density at radius 1 is 1.07 bits per heavy atom. The number of halogens is 3. The Morgan fingerprint density at radius 2 is 1.61 bits per heavy atom. The first-order valence-electron chi connectivity index (χ1n) is 9.34. The lowest BCUT2D eigenvalue weighted by Crippen LogP contribution is -2.46. The number of rotatable bonds is 3. The van der Waals surface area contributed by atoms with Crippen LogP contribution in [0.2, 0.25) is 10.0 Å². The number of hydrogen-bond donors (Lipinski definition) is 1. The second kappa shape index (κ2) is 9.20. The maximum atomic E-state index is 13.3. The minimum atomic E-state index is -0.481. The smallest absolute Gasteiger partial charge is 0.232 e. The molecule has 2 heterocycles. The maximum Gasteiger partial charge on any atom is 0.232 e. The molecule has 0 bridgehead atoms. The number of ether oxygens (including phenoxy) is 1. The van der Waals surface area contributed by atoms with Crippen molar-refractivity contribution >= 4 is 53.1 Å². The van der Waals surface area contributed by atoms with Crippen LogP contribution < -0.4 is 10.1 Å². The van der Waals surface area contributed by atoms with Crippen LogP contribution in [0.3, 0.4) is 0 Å². The maximum absolute atomic E-state index is 13.3. The van der Waals surface area contributed by atoms with Gasteiger partial charge in [0.15, 0.2) is 0 Å². The van der Waals surface area contributed by atoms with Gasteiger partial charge >= 0.3 is 0 Å². The Labute approximate surface area is 192 Å². The Balaban J connectivity index is 0.00000225. The molecule has 2 aromatic rings. The monoisotopic (exact) mass is 532 g/mol. The number of hydrogen-bond acceptors (Lipinski definition) is 3. The number of carbonyl (C=O) groups excluding carboxylic acids is 1. The topological polar surface area (TPSA) is 41.6 Å². The highest BCUT2D eigenvalue weighted by Crippen LogP contribution is 2.46. The summed E-state index contributed by atoms with van der Waals surface area (Å²) in [7, 11) is 0. The Kier molecular flexibility index (Phi) is 7.12. The number of carbonyl (C=O) groups is 1. The van der Waals surface area contributed by atoms with Crippen LogP contribution in [0.4, 0.5) is 0 Å². The Hall–Kier alpha value is -1.02. The van der Waals surface area contributed by atoms with Crippen LogP contribution in [0.15, 0.2) is 36.4 Å². The summed E-state index contributed by atoms with van der Waals surface area (Å²) >= 11 is 12.4. The molecule has 28 heavy (non-hydrogen) atoms. The molecule has 7 heteroatoms. The van der Waals surface area contributed by atoms with Crippen LogP contribution in [0.25, 0.3) is 0 Å². The lowest BCUT2D eigenvalue weighted by atomic mass is 9.86. The number of nitrogens with one attached hydrogen (secondary N) is 1. The molecule has 0 aromatic heterocycles. The fourth-order valence-electron chi connectivity index (χ4n) is 3.92. The van der Waals surface area contributed by atoms with Crippen LogP contribution in [-0.4, -0.2) is 36.5 Å². The molecule has 0 atom stereocenters. The predicted molar refractivity (Wildman–Crippen MR) is 124 cm³/mol. The van der Waals surface area contributed by atoms with Crippen molar-refractivity contribution in [1.82, 2.24) is 10.2 Å². The summed E-state index contributed by atoms with van der Waals surface area (Å²) in [5.74, 6) is 0.816. The molecule has 0 saturated carbocycles. The summed E-state index contributed by atoms with van der Waals surface area (Å²) in [5, 5.41) is 4.41. The van der Waals surface area contributed by atoms with Crippen LogP contribution in [0.5, 0.6) is 11.5 Å². The van der Waals surface area contributed by atoms with E-state index >= 15 is 0 Å². The van der Waals surface area contributed by atoms with E-state index in [-0.39, 0.29) is 35.9 Å². The standard InChI is InChI=1S/C21H22Cl2N2O2.HI/c1-2-25-9-7-15(8-10-25)24-21(26)20-16-11-13(22)3-5-18(16)27-19-6-4-14(23)12-17(19)20;/h3-6,11-12,15,20H,2,7-10H2,1H3,(H,24,26);1H. The number of benzene rings is 2. The zero-order chi connectivity index (χ0) is 19.0. The predicted octanol–water partition coefficient (Wildman–Crippen LogP) is 5.45. The highest BCUT2D eigenvalue weighted by Gasteiger charge is 2.34. The van der Waals surface area contributed by atoms with Gasteiger partial charge in [-0.25, -0.2) is 0 Å². The van der Waals surface area contributed by atoms with Gasteiger partial charge in [-0.3, -0.25) is 4.79 Å². The van der Waals surface area contributed by atoms with Crippen LogP contribution >= 0.6 is 47.2 Å². The van der Waals surface area contributed by atoms with Gasteiger partial charge in [-0.2, -0.15) is 0 Å². The van der Waals surface area contributed by atoms with Crippen molar-refractivity contribution in [2.45, 2.75) is 31.7 Å². The summed E-state index contributed by atoms with van der Waals surface area (Å²) in [4.78, 5) is 15.7. The largest absolute Gasteiger partial charge is 0.457 e.